The molecule has 0 atom stereocenters. The van der Waals surface area contributed by atoms with Crippen LogP contribution >= 0.6 is 0 Å². The summed E-state index contributed by atoms with van der Waals surface area (Å²) in [7, 11) is 0. The number of anilines is 1. The fourth-order valence-corrected chi connectivity index (χ4v) is 4.12. The quantitative estimate of drug-likeness (QED) is 0.565. The summed E-state index contributed by atoms with van der Waals surface area (Å²) in [5, 5.41) is 2.86. The van der Waals surface area contributed by atoms with Crippen molar-refractivity contribution in [3.8, 4) is 11.1 Å². The molecule has 0 saturated heterocycles. The minimum atomic E-state index is -2.70. The Labute approximate surface area is 172 Å². The van der Waals surface area contributed by atoms with Gasteiger partial charge in [0.05, 0.1) is 11.4 Å². The molecule has 1 amide bonds. The van der Waals surface area contributed by atoms with E-state index in [4.69, 9.17) is 0 Å². The number of carbonyl (C=O) groups is 1. The van der Waals surface area contributed by atoms with Gasteiger partial charge in [-0.05, 0) is 55.4 Å². The van der Waals surface area contributed by atoms with Gasteiger partial charge in [0, 0.05) is 42.5 Å². The van der Waals surface area contributed by atoms with Crippen LogP contribution in [-0.2, 0) is 4.79 Å². The van der Waals surface area contributed by atoms with Crippen molar-refractivity contribution in [3.63, 3.8) is 0 Å². The van der Waals surface area contributed by atoms with Crippen LogP contribution in [0.3, 0.4) is 0 Å². The highest BCUT2D eigenvalue weighted by molar-refractivity contribution is 5.97. The van der Waals surface area contributed by atoms with Crippen molar-refractivity contribution in [1.29, 1.82) is 0 Å². The molecule has 3 nitrogen and oxygen atoms in total. The Bertz CT molecular complexity index is 962. The second-order valence-corrected chi connectivity index (χ2v) is 8.91. The van der Waals surface area contributed by atoms with Gasteiger partial charge >= 0.3 is 0 Å². The average Bonchev–Trinajstić information content (AvgIpc) is 3.40. The van der Waals surface area contributed by atoms with E-state index in [0.717, 1.165) is 31.0 Å². The van der Waals surface area contributed by atoms with Crippen LogP contribution in [0.5, 0.6) is 0 Å². The topological polar surface area (TPSA) is 42.0 Å². The number of nitrogens with zero attached hydrogens (tertiary/aromatic N) is 1. The smallest absolute Gasteiger partial charge is 0.248 e. The lowest BCUT2D eigenvalue weighted by Crippen LogP contribution is -2.25. The van der Waals surface area contributed by atoms with Gasteiger partial charge in [-0.15, -0.1) is 0 Å². The van der Waals surface area contributed by atoms with Gasteiger partial charge in [0.15, 0.2) is 0 Å². The van der Waals surface area contributed by atoms with E-state index in [1.807, 2.05) is 6.92 Å². The Hall–Kier alpha value is -2.44. The molecule has 2 aliphatic carbocycles. The third-order valence-electron chi connectivity index (χ3n) is 6.26. The molecule has 2 aromatic rings. The lowest BCUT2D eigenvalue weighted by atomic mass is 9.83. The second-order valence-electron chi connectivity index (χ2n) is 8.91. The van der Waals surface area contributed by atoms with Crippen LogP contribution < -0.4 is 5.32 Å². The fourth-order valence-electron chi connectivity index (χ4n) is 4.12. The van der Waals surface area contributed by atoms with Gasteiger partial charge in [-0.2, -0.15) is 0 Å². The number of hydrogen-bond acceptors (Lipinski definition) is 2. The molecule has 1 N–H and O–H groups in total. The number of rotatable bonds is 5. The van der Waals surface area contributed by atoms with E-state index in [1.54, 1.807) is 0 Å². The third-order valence-corrected chi connectivity index (χ3v) is 6.26. The Morgan fingerprint density at radius 2 is 1.80 bits per heavy atom. The predicted molar refractivity (Wildman–Crippen MR) is 106 cm³/mol. The second kappa shape index (κ2) is 7.67. The standard InChI is InChI=1S/C23H24F4N2O/c1-22(9-10-22)13-19(30)29-21-16(17-12-15(24)2-3-18(17)25)6-11-28-20(21)14-4-7-23(26,27)8-5-14/h2-3,6,11-12,14H,4-5,7-10,13H2,1H3,(H,29,30). The van der Waals surface area contributed by atoms with E-state index in [1.165, 1.54) is 12.3 Å². The average molecular weight is 420 g/mol. The molecule has 0 unspecified atom stereocenters. The van der Waals surface area contributed by atoms with Crippen molar-refractivity contribution < 1.29 is 22.4 Å². The number of halogens is 4. The summed E-state index contributed by atoms with van der Waals surface area (Å²) in [6, 6.07) is 4.65. The molecule has 7 heteroatoms. The maximum Gasteiger partial charge on any atom is 0.248 e. The summed E-state index contributed by atoms with van der Waals surface area (Å²) < 4.78 is 55.7. The van der Waals surface area contributed by atoms with Gasteiger partial charge in [0.25, 0.3) is 0 Å². The summed E-state index contributed by atoms with van der Waals surface area (Å²) in [5.41, 5.74) is 1.03. The highest BCUT2D eigenvalue weighted by Crippen LogP contribution is 2.49. The number of nitrogens with one attached hydrogen (secondary N) is 1. The number of hydrogen-bond donors (Lipinski definition) is 1. The molecule has 4 rings (SSSR count). The minimum Gasteiger partial charge on any atom is -0.324 e. The zero-order chi connectivity index (χ0) is 21.5. The summed E-state index contributed by atoms with van der Waals surface area (Å²) in [6.45, 7) is 2.02. The number of pyridine rings is 1. The molecule has 1 aromatic carbocycles. The fraction of sp³-hybridized carbons (Fsp3) is 0.478. The number of alkyl halides is 2. The molecule has 0 aliphatic heterocycles. The van der Waals surface area contributed by atoms with E-state index in [-0.39, 0.29) is 48.5 Å². The minimum absolute atomic E-state index is 0.00715. The van der Waals surface area contributed by atoms with E-state index in [2.05, 4.69) is 10.3 Å². The highest BCUT2D eigenvalue weighted by Gasteiger charge is 2.40. The first-order valence-corrected chi connectivity index (χ1v) is 10.3. The maximum absolute atomic E-state index is 14.5. The van der Waals surface area contributed by atoms with Crippen LogP contribution in [0.15, 0.2) is 30.5 Å². The molecule has 2 aliphatic rings. The lowest BCUT2D eigenvalue weighted by molar-refractivity contribution is -0.117. The van der Waals surface area contributed by atoms with E-state index in [9.17, 15) is 22.4 Å². The molecule has 1 heterocycles. The normalized spacial score (nSPS) is 20.0. The molecule has 160 valence electrons. The highest BCUT2D eigenvalue weighted by atomic mass is 19.3. The van der Waals surface area contributed by atoms with Crippen molar-refractivity contribution in [3.05, 3.63) is 47.8 Å². The van der Waals surface area contributed by atoms with Crippen LogP contribution in [0.4, 0.5) is 23.2 Å². The number of carbonyl (C=O) groups excluding carboxylic acids is 1. The zero-order valence-electron chi connectivity index (χ0n) is 16.8. The SMILES string of the molecule is CC1(CC(=O)Nc2c(-c3cc(F)ccc3F)ccnc2C2CCC(F)(F)CC2)CC1. The Kier molecular flexibility index (Phi) is 5.32. The van der Waals surface area contributed by atoms with E-state index >= 15 is 0 Å². The van der Waals surface area contributed by atoms with Crippen LogP contribution in [0.2, 0.25) is 0 Å². The Morgan fingerprint density at radius 1 is 1.10 bits per heavy atom. The number of aromatic nitrogens is 1. The molecule has 2 fully saturated rings. The van der Waals surface area contributed by atoms with Gasteiger partial charge in [-0.25, -0.2) is 17.6 Å². The summed E-state index contributed by atoms with van der Waals surface area (Å²) >= 11 is 0. The number of benzene rings is 1. The van der Waals surface area contributed by atoms with Crippen LogP contribution in [0.1, 0.15) is 63.5 Å². The summed E-state index contributed by atoms with van der Waals surface area (Å²) in [5.74, 6) is -4.46. The molecular weight excluding hydrogens is 396 g/mol. The zero-order valence-corrected chi connectivity index (χ0v) is 16.8. The summed E-state index contributed by atoms with van der Waals surface area (Å²) in [6.07, 6.45) is 3.61. The van der Waals surface area contributed by atoms with Crippen LogP contribution in [0.25, 0.3) is 11.1 Å². The molecule has 2 saturated carbocycles. The van der Waals surface area contributed by atoms with Crippen molar-refractivity contribution in [2.45, 2.75) is 63.7 Å². The van der Waals surface area contributed by atoms with Crippen molar-refractivity contribution >= 4 is 11.6 Å². The van der Waals surface area contributed by atoms with Gasteiger partial charge in [-0.3, -0.25) is 9.78 Å². The third kappa shape index (κ3) is 4.50. The molecule has 0 spiro atoms. The van der Waals surface area contributed by atoms with Crippen molar-refractivity contribution in [2.75, 3.05) is 5.32 Å². The molecule has 30 heavy (non-hydrogen) atoms. The predicted octanol–water partition coefficient (Wildman–Crippen LogP) is 6.45. The first kappa shape index (κ1) is 20.8. The van der Waals surface area contributed by atoms with Crippen LogP contribution in [0, 0.1) is 17.0 Å². The van der Waals surface area contributed by atoms with E-state index in [0.29, 0.717) is 23.4 Å². The van der Waals surface area contributed by atoms with Crippen molar-refractivity contribution in [1.82, 2.24) is 4.98 Å². The van der Waals surface area contributed by atoms with E-state index < -0.39 is 17.6 Å². The Balaban J connectivity index is 1.74. The monoisotopic (exact) mass is 420 g/mol. The molecule has 1 aromatic heterocycles. The Morgan fingerprint density at radius 3 is 2.47 bits per heavy atom. The lowest BCUT2D eigenvalue weighted by Gasteiger charge is -2.29. The first-order valence-electron chi connectivity index (χ1n) is 10.3. The van der Waals surface area contributed by atoms with Gasteiger partial charge in [-0.1, -0.05) is 6.92 Å². The van der Waals surface area contributed by atoms with Gasteiger partial charge in [0.1, 0.15) is 11.6 Å². The van der Waals surface area contributed by atoms with Gasteiger partial charge < -0.3 is 5.32 Å². The largest absolute Gasteiger partial charge is 0.324 e. The van der Waals surface area contributed by atoms with Gasteiger partial charge in [0.2, 0.25) is 11.8 Å². The first-order chi connectivity index (χ1) is 14.2. The molecular formula is C23H24F4N2O. The molecule has 0 radical (unpaired) electrons. The molecule has 0 bridgehead atoms. The van der Waals surface area contributed by atoms with Crippen LogP contribution in [-0.4, -0.2) is 16.8 Å². The summed E-state index contributed by atoms with van der Waals surface area (Å²) in [4.78, 5) is 17.1. The number of amides is 1. The van der Waals surface area contributed by atoms with Crippen molar-refractivity contribution in [2.24, 2.45) is 5.41 Å². The maximum atomic E-state index is 14.5.